The summed E-state index contributed by atoms with van der Waals surface area (Å²) < 4.78 is 6.59. The number of ether oxygens (including phenoxy) is 1. The van der Waals surface area contributed by atoms with E-state index in [1.807, 2.05) is 38.1 Å². The lowest BCUT2D eigenvalue weighted by atomic mass is 9.85. The summed E-state index contributed by atoms with van der Waals surface area (Å²) in [5, 5.41) is 0. The maximum absolute atomic E-state index is 12.3. The molecule has 106 valence electrons. The third-order valence-corrected chi connectivity index (χ3v) is 5.79. The van der Waals surface area contributed by atoms with Gasteiger partial charge in [0.15, 0.2) is 0 Å². The fourth-order valence-electron chi connectivity index (χ4n) is 1.71. The first kappa shape index (κ1) is 16.7. The molecule has 0 heterocycles. The summed E-state index contributed by atoms with van der Waals surface area (Å²) in [4.78, 5) is 12.3. The molecule has 0 bridgehead atoms. The molecule has 0 radical (unpaired) electrons. The molecule has 0 aliphatic carbocycles. The minimum Gasteiger partial charge on any atom is -0.465 e. The molecule has 1 rings (SSSR count). The molecule has 2 nitrogen and oxygen atoms in total. The van der Waals surface area contributed by atoms with Crippen LogP contribution < -0.4 is 0 Å². The lowest BCUT2D eigenvalue weighted by Crippen LogP contribution is -2.33. The van der Waals surface area contributed by atoms with Crippen LogP contribution >= 0.6 is 22.6 Å². The Kier molecular flexibility index (Phi) is 5.61. The predicted octanol–water partition coefficient (Wildman–Crippen LogP) is 4.45. The number of carbonyl (C=O) groups excluding carboxylic acids is 1. The first-order chi connectivity index (χ1) is 8.64. The Labute approximate surface area is 131 Å². The Hall–Kier alpha value is -0.363. The van der Waals surface area contributed by atoms with Crippen molar-refractivity contribution in [1.29, 1.82) is 0 Å². The summed E-state index contributed by atoms with van der Waals surface area (Å²) in [5.41, 5.74) is 0.450. The molecule has 0 fully saturated rings. The quantitative estimate of drug-likeness (QED) is 0.422. The van der Waals surface area contributed by atoms with Gasteiger partial charge < -0.3 is 4.74 Å². The molecule has 19 heavy (non-hydrogen) atoms. The highest BCUT2D eigenvalue weighted by molar-refractivity contribution is 14.1. The van der Waals surface area contributed by atoms with Crippen molar-refractivity contribution in [2.24, 2.45) is 0 Å². The number of hydrogen-bond acceptors (Lipinski definition) is 2. The van der Waals surface area contributed by atoms with Crippen molar-refractivity contribution in [2.75, 3.05) is 6.61 Å². The molecule has 1 aromatic carbocycles. The van der Waals surface area contributed by atoms with E-state index < -0.39 is 13.5 Å². The average Bonchev–Trinajstić information content (AvgIpc) is 2.27. The van der Waals surface area contributed by atoms with Gasteiger partial charge in [0.1, 0.15) is 0 Å². The number of rotatable bonds is 5. The topological polar surface area (TPSA) is 26.3 Å². The van der Waals surface area contributed by atoms with Crippen LogP contribution in [-0.2, 0) is 14.9 Å². The van der Waals surface area contributed by atoms with E-state index >= 15 is 0 Å². The van der Waals surface area contributed by atoms with E-state index in [1.165, 1.54) is 0 Å². The Morgan fingerprint density at radius 2 is 1.84 bits per heavy atom. The highest BCUT2D eigenvalue weighted by atomic mass is 127. The zero-order chi connectivity index (χ0) is 14.7. The molecular formula is C15H23IO2Si. The van der Waals surface area contributed by atoms with E-state index in [2.05, 4.69) is 42.2 Å². The van der Waals surface area contributed by atoms with Crippen LogP contribution in [0.15, 0.2) is 24.3 Å². The minimum absolute atomic E-state index is 0.130. The molecule has 0 aromatic heterocycles. The van der Waals surface area contributed by atoms with Crippen molar-refractivity contribution in [1.82, 2.24) is 0 Å². The molecule has 0 saturated heterocycles. The molecule has 0 aliphatic rings. The molecule has 4 heteroatoms. The summed E-state index contributed by atoms with van der Waals surface area (Å²) >= 11 is 2.27. The van der Waals surface area contributed by atoms with Crippen molar-refractivity contribution < 1.29 is 9.53 Å². The van der Waals surface area contributed by atoms with Gasteiger partial charge in [-0.2, -0.15) is 0 Å². The second kappa shape index (κ2) is 6.39. The fraction of sp³-hybridized carbons (Fsp3) is 0.533. The first-order valence-electron chi connectivity index (χ1n) is 6.57. The normalized spacial score (nSPS) is 12.3. The molecule has 0 aliphatic heterocycles. The van der Waals surface area contributed by atoms with Gasteiger partial charge in [0, 0.05) is 11.6 Å². The summed E-state index contributed by atoms with van der Waals surface area (Å²) in [6.07, 6.45) is 0. The third kappa shape index (κ3) is 4.91. The predicted molar refractivity (Wildman–Crippen MR) is 91.3 cm³/mol. The Balaban J connectivity index is 2.73. The van der Waals surface area contributed by atoms with Crippen LogP contribution in [0.1, 0.15) is 19.4 Å². The summed E-state index contributed by atoms with van der Waals surface area (Å²) in [6.45, 7) is 11.3. The number of esters is 1. The maximum atomic E-state index is 12.3. The fourth-order valence-corrected chi connectivity index (χ4v) is 3.48. The van der Waals surface area contributed by atoms with E-state index in [4.69, 9.17) is 4.74 Å². The summed E-state index contributed by atoms with van der Waals surface area (Å²) in [7, 11) is -1.15. The highest BCUT2D eigenvalue weighted by Gasteiger charge is 2.33. The van der Waals surface area contributed by atoms with Gasteiger partial charge >= 0.3 is 5.97 Å². The van der Waals surface area contributed by atoms with Gasteiger partial charge in [-0.1, -0.05) is 37.8 Å². The van der Waals surface area contributed by atoms with Gasteiger partial charge in [-0.15, -0.1) is 0 Å². The smallest absolute Gasteiger partial charge is 0.316 e. The van der Waals surface area contributed by atoms with Gasteiger partial charge in [-0.3, -0.25) is 4.79 Å². The Morgan fingerprint density at radius 3 is 2.37 bits per heavy atom. The number of carbonyl (C=O) groups is 1. The van der Waals surface area contributed by atoms with Gasteiger partial charge in [0.2, 0.25) is 0 Å². The maximum Gasteiger partial charge on any atom is 0.316 e. The van der Waals surface area contributed by atoms with E-state index in [0.717, 1.165) is 15.2 Å². The van der Waals surface area contributed by atoms with Crippen LogP contribution in [-0.4, -0.2) is 20.7 Å². The van der Waals surface area contributed by atoms with Crippen LogP contribution in [0.25, 0.3) is 0 Å². The Morgan fingerprint density at radius 1 is 1.26 bits per heavy atom. The molecule has 1 aromatic rings. The largest absolute Gasteiger partial charge is 0.465 e. The number of halogens is 1. The average molecular weight is 390 g/mol. The van der Waals surface area contributed by atoms with E-state index in [-0.39, 0.29) is 5.97 Å². The van der Waals surface area contributed by atoms with Gasteiger partial charge in [0.05, 0.1) is 12.0 Å². The van der Waals surface area contributed by atoms with Crippen molar-refractivity contribution in [3.05, 3.63) is 33.4 Å². The summed E-state index contributed by atoms with van der Waals surface area (Å²) in [5.74, 6) is -0.130. The van der Waals surface area contributed by atoms with Crippen molar-refractivity contribution >= 4 is 36.6 Å². The van der Waals surface area contributed by atoms with Gasteiger partial charge in [0.25, 0.3) is 0 Å². The Bertz CT molecular complexity index is 450. The molecule has 0 unspecified atom stereocenters. The SMILES string of the molecule is CC(C)(C(=O)OCC[Si](C)(C)C)c1ccccc1I. The second-order valence-corrected chi connectivity index (χ2v) is 13.3. The number of hydrogen-bond donors (Lipinski definition) is 0. The molecule has 0 spiro atoms. The van der Waals surface area contributed by atoms with Crippen LogP contribution in [0.3, 0.4) is 0 Å². The molecule has 0 saturated carbocycles. The van der Waals surface area contributed by atoms with Gasteiger partial charge in [-0.25, -0.2) is 0 Å². The standard InChI is InChI=1S/C15H23IO2Si/c1-15(2,12-8-6-7-9-13(12)16)14(17)18-10-11-19(3,4)5/h6-9H,10-11H2,1-5H3. The van der Waals surface area contributed by atoms with Crippen LogP contribution in [0, 0.1) is 3.57 Å². The van der Waals surface area contributed by atoms with E-state index in [0.29, 0.717) is 6.61 Å². The van der Waals surface area contributed by atoms with E-state index in [1.54, 1.807) is 0 Å². The van der Waals surface area contributed by atoms with Crippen molar-refractivity contribution in [2.45, 2.75) is 44.9 Å². The molecular weight excluding hydrogens is 367 g/mol. The third-order valence-electron chi connectivity index (χ3n) is 3.14. The van der Waals surface area contributed by atoms with Crippen molar-refractivity contribution in [3.8, 4) is 0 Å². The number of benzene rings is 1. The zero-order valence-corrected chi connectivity index (χ0v) is 15.6. The first-order valence-corrected chi connectivity index (χ1v) is 11.4. The zero-order valence-electron chi connectivity index (χ0n) is 12.4. The lowest BCUT2D eigenvalue weighted by Gasteiger charge is -2.25. The van der Waals surface area contributed by atoms with Gasteiger partial charge in [-0.05, 0) is 54.1 Å². The second-order valence-electron chi connectivity index (χ2n) is 6.55. The molecule has 0 N–H and O–H groups in total. The van der Waals surface area contributed by atoms with Crippen molar-refractivity contribution in [3.63, 3.8) is 0 Å². The summed E-state index contributed by atoms with van der Waals surface area (Å²) in [6, 6.07) is 8.99. The van der Waals surface area contributed by atoms with Crippen LogP contribution in [0.5, 0.6) is 0 Å². The highest BCUT2D eigenvalue weighted by Crippen LogP contribution is 2.29. The lowest BCUT2D eigenvalue weighted by molar-refractivity contribution is -0.148. The molecule has 0 atom stereocenters. The van der Waals surface area contributed by atoms with Crippen LogP contribution in [0.2, 0.25) is 25.7 Å². The molecule has 0 amide bonds. The van der Waals surface area contributed by atoms with Crippen LogP contribution in [0.4, 0.5) is 0 Å². The minimum atomic E-state index is -1.15. The van der Waals surface area contributed by atoms with E-state index in [9.17, 15) is 4.79 Å². The monoisotopic (exact) mass is 390 g/mol.